The number of nitrogens with one attached hydrogen (secondary N) is 4. The molecule has 5 rings (SSSR count). The highest BCUT2D eigenvalue weighted by Gasteiger charge is 2.29. The van der Waals surface area contributed by atoms with Crippen LogP contribution < -0.4 is 21.5 Å². The van der Waals surface area contributed by atoms with Crippen LogP contribution in [0.15, 0.2) is 29.7 Å². The van der Waals surface area contributed by atoms with E-state index in [1.807, 2.05) is 11.5 Å². The van der Waals surface area contributed by atoms with Crippen molar-refractivity contribution in [2.24, 2.45) is 0 Å². The third-order valence-electron chi connectivity index (χ3n) is 5.92. The van der Waals surface area contributed by atoms with Gasteiger partial charge in [0.25, 0.3) is 0 Å². The number of nitrogens with zero attached hydrogens (tertiary/aromatic N) is 3. The first-order valence-electron chi connectivity index (χ1n) is 10.4. The van der Waals surface area contributed by atoms with E-state index in [2.05, 4.69) is 31.2 Å². The molecule has 11 heteroatoms. The fourth-order valence-corrected chi connectivity index (χ4v) is 4.68. The zero-order chi connectivity index (χ0) is 21.4. The zero-order valence-electron chi connectivity index (χ0n) is 16.8. The quantitative estimate of drug-likeness (QED) is 0.346. The number of quaternary nitrogens is 1. The highest BCUT2D eigenvalue weighted by molar-refractivity contribution is 6.36. The minimum atomic E-state index is -0.470. The number of H-pyrrole nitrogens is 1. The maximum absolute atomic E-state index is 14.0. The van der Waals surface area contributed by atoms with Gasteiger partial charge in [-0.1, -0.05) is 23.2 Å². The standard InChI is InChI=1S/C20H23Cl2FN8/c21-13-1-2-14(23)17(22)12(13)10-31-8-7-25-20-16(31)9-15(27-30-20)19-26-18(28-29-19)11-3-5-24-6-4-11/h1-2,9,11,24-25,27,30H,3-8,10H2,(H,26,28,29)/p+1. The third-order valence-corrected chi connectivity index (χ3v) is 6.68. The van der Waals surface area contributed by atoms with E-state index in [0.717, 1.165) is 62.1 Å². The average Bonchev–Trinajstić information content (AvgIpc) is 3.30. The molecule has 0 atom stereocenters. The van der Waals surface area contributed by atoms with E-state index in [1.54, 1.807) is 6.07 Å². The molecule has 164 valence electrons. The van der Waals surface area contributed by atoms with Crippen LogP contribution in [0.25, 0.3) is 5.70 Å². The molecule has 0 amide bonds. The Labute approximate surface area is 189 Å². The lowest BCUT2D eigenvalue weighted by Gasteiger charge is -2.34. The lowest BCUT2D eigenvalue weighted by atomic mass is 9.98. The van der Waals surface area contributed by atoms with Gasteiger partial charge in [0.05, 0.1) is 10.7 Å². The first-order chi connectivity index (χ1) is 15.1. The second-order valence-electron chi connectivity index (χ2n) is 7.89. The van der Waals surface area contributed by atoms with Gasteiger partial charge >= 0.3 is 0 Å². The molecule has 1 fully saturated rings. The van der Waals surface area contributed by atoms with Crippen LogP contribution in [0.5, 0.6) is 0 Å². The van der Waals surface area contributed by atoms with Gasteiger partial charge in [-0.2, -0.15) is 0 Å². The molecule has 6 N–H and O–H groups in total. The van der Waals surface area contributed by atoms with Crippen LogP contribution in [-0.2, 0) is 6.54 Å². The molecule has 0 spiro atoms. The summed E-state index contributed by atoms with van der Waals surface area (Å²) >= 11 is 12.5. The zero-order valence-corrected chi connectivity index (χ0v) is 18.3. The second kappa shape index (κ2) is 8.66. The molecule has 1 saturated heterocycles. The maximum atomic E-state index is 14.0. The molecule has 1 aromatic heterocycles. The Morgan fingerprint density at radius 3 is 2.87 bits per heavy atom. The van der Waals surface area contributed by atoms with Crippen molar-refractivity contribution >= 4 is 28.9 Å². The predicted octanol–water partition coefficient (Wildman–Crippen LogP) is 1.41. The van der Waals surface area contributed by atoms with Gasteiger partial charge in [-0.25, -0.2) is 20.2 Å². The summed E-state index contributed by atoms with van der Waals surface area (Å²) in [6, 6.07) is 2.83. The Kier molecular flexibility index (Phi) is 5.75. The molecule has 3 aliphatic rings. The maximum Gasteiger partial charge on any atom is 0.237 e. The van der Waals surface area contributed by atoms with Crippen LogP contribution in [0, 0.1) is 5.82 Å². The van der Waals surface area contributed by atoms with E-state index in [0.29, 0.717) is 28.9 Å². The number of piperidine rings is 1. The summed E-state index contributed by atoms with van der Waals surface area (Å²) in [6.07, 6.45) is 4.14. The average molecular weight is 466 g/mol. The summed E-state index contributed by atoms with van der Waals surface area (Å²) in [5, 5.41) is 14.8. The molecule has 0 radical (unpaired) electrons. The molecule has 1 aromatic carbocycles. The van der Waals surface area contributed by atoms with E-state index in [9.17, 15) is 4.39 Å². The van der Waals surface area contributed by atoms with Crippen LogP contribution in [0.1, 0.15) is 36.0 Å². The van der Waals surface area contributed by atoms with Crippen molar-refractivity contribution in [1.29, 1.82) is 0 Å². The van der Waals surface area contributed by atoms with E-state index in [1.165, 1.54) is 6.07 Å². The minimum Gasteiger partial charge on any atom is -0.364 e. The fraction of sp³-hybridized carbons (Fsp3) is 0.400. The lowest BCUT2D eigenvalue weighted by Crippen LogP contribution is -2.92. The Bertz CT molecular complexity index is 1040. The van der Waals surface area contributed by atoms with Gasteiger partial charge in [-0.05, 0) is 38.1 Å². The molecule has 0 aliphatic carbocycles. The molecule has 2 aromatic rings. The second-order valence-corrected chi connectivity index (χ2v) is 8.67. The van der Waals surface area contributed by atoms with E-state index in [4.69, 9.17) is 28.2 Å². The molecule has 4 heterocycles. The number of benzene rings is 1. The monoisotopic (exact) mass is 465 g/mol. The topological polar surface area (TPSA) is 97.5 Å². The summed E-state index contributed by atoms with van der Waals surface area (Å²) in [7, 11) is 0. The van der Waals surface area contributed by atoms with Gasteiger partial charge in [0.2, 0.25) is 11.5 Å². The van der Waals surface area contributed by atoms with Crippen LogP contribution >= 0.6 is 23.2 Å². The molecule has 0 bridgehead atoms. The lowest BCUT2D eigenvalue weighted by molar-refractivity contribution is -0.621. The number of aromatic nitrogens is 3. The van der Waals surface area contributed by atoms with Crippen molar-refractivity contribution in [3.63, 3.8) is 0 Å². The van der Waals surface area contributed by atoms with Crippen molar-refractivity contribution in [2.75, 3.05) is 26.2 Å². The van der Waals surface area contributed by atoms with Crippen molar-refractivity contribution < 1.29 is 9.82 Å². The number of hydrogen-bond donors (Lipinski definition) is 5. The number of hydrogen-bond acceptors (Lipinski definition) is 6. The van der Waals surface area contributed by atoms with Crippen LogP contribution in [0.4, 0.5) is 4.39 Å². The Hall–Kier alpha value is -2.33. The molecule has 31 heavy (non-hydrogen) atoms. The Morgan fingerprint density at radius 1 is 1.19 bits per heavy atom. The smallest absolute Gasteiger partial charge is 0.237 e. The summed E-state index contributed by atoms with van der Waals surface area (Å²) in [6.45, 7) is 3.86. The molecule has 3 aliphatic heterocycles. The summed E-state index contributed by atoms with van der Waals surface area (Å²) in [4.78, 5) is 6.88. The summed E-state index contributed by atoms with van der Waals surface area (Å²) < 4.78 is 14.0. The molecular formula is C20H24Cl2FN8+. The Balaban J connectivity index is 1.41. The fourth-order valence-electron chi connectivity index (χ4n) is 4.19. The van der Waals surface area contributed by atoms with Crippen molar-refractivity contribution in [1.82, 2.24) is 36.1 Å². The first kappa shape index (κ1) is 20.6. The van der Waals surface area contributed by atoms with Gasteiger partial charge in [0.1, 0.15) is 11.6 Å². The minimum absolute atomic E-state index is 0.0632. The normalized spacial score (nSPS) is 19.6. The van der Waals surface area contributed by atoms with Gasteiger partial charge < -0.3 is 15.5 Å². The largest absolute Gasteiger partial charge is 0.364 e. The number of halogens is 3. The van der Waals surface area contributed by atoms with Gasteiger partial charge in [0.15, 0.2) is 5.82 Å². The van der Waals surface area contributed by atoms with E-state index >= 15 is 0 Å². The van der Waals surface area contributed by atoms with Gasteiger partial charge in [-0.15, -0.1) is 5.10 Å². The highest BCUT2D eigenvalue weighted by atomic mass is 35.5. The Morgan fingerprint density at radius 2 is 2.03 bits per heavy atom. The third kappa shape index (κ3) is 4.10. The van der Waals surface area contributed by atoms with E-state index in [-0.39, 0.29) is 5.02 Å². The molecule has 0 saturated carbocycles. The molecular weight excluding hydrogens is 442 g/mol. The highest BCUT2D eigenvalue weighted by Crippen LogP contribution is 2.31. The number of aromatic amines is 1. The number of rotatable bonds is 4. The summed E-state index contributed by atoms with van der Waals surface area (Å²) in [5.41, 5.74) is 7.59. The summed E-state index contributed by atoms with van der Waals surface area (Å²) in [5.74, 6) is 2.40. The van der Waals surface area contributed by atoms with Crippen LogP contribution in [0.2, 0.25) is 10.0 Å². The van der Waals surface area contributed by atoms with Gasteiger partial charge in [0, 0.05) is 42.2 Å². The molecule has 0 unspecified atom stereocenters. The van der Waals surface area contributed by atoms with Crippen molar-refractivity contribution in [3.05, 3.63) is 62.8 Å². The first-order valence-corrected chi connectivity index (χ1v) is 11.2. The van der Waals surface area contributed by atoms with Gasteiger partial charge in [-0.3, -0.25) is 5.10 Å². The van der Waals surface area contributed by atoms with Crippen molar-refractivity contribution in [3.8, 4) is 0 Å². The van der Waals surface area contributed by atoms with Crippen LogP contribution in [-0.4, -0.2) is 46.3 Å². The van der Waals surface area contributed by atoms with E-state index < -0.39 is 5.82 Å². The number of allylic oxidation sites excluding steroid dienone is 1. The van der Waals surface area contributed by atoms with Crippen molar-refractivity contribution in [2.45, 2.75) is 25.3 Å². The predicted molar refractivity (Wildman–Crippen MR) is 116 cm³/mol. The molecule has 8 nitrogen and oxygen atoms in total. The number of nitrogens with two attached hydrogens (primary N) is 1. The van der Waals surface area contributed by atoms with Crippen LogP contribution in [0.3, 0.4) is 0 Å². The SMILES string of the molecule is Fc1ccc(Cl)c(CN2CCNC3=C2C=C(c2n[nH]c(C4CCNCC4)n2)[NH2+]N3)c1Cl.